The van der Waals surface area contributed by atoms with Crippen molar-refractivity contribution in [2.75, 3.05) is 20.3 Å². The van der Waals surface area contributed by atoms with Crippen molar-refractivity contribution >= 4 is 16.0 Å². The van der Waals surface area contributed by atoms with E-state index >= 15 is 0 Å². The highest BCUT2D eigenvalue weighted by atomic mass is 32.2. The molecule has 1 aromatic rings. The van der Waals surface area contributed by atoms with Crippen molar-refractivity contribution in [3.8, 4) is 5.75 Å². The van der Waals surface area contributed by atoms with Crippen LogP contribution in [0.1, 0.15) is 23.2 Å². The molecule has 1 rings (SSSR count). The Morgan fingerprint density at radius 3 is 2.60 bits per heavy atom. The second kappa shape index (κ2) is 7.22. The van der Waals surface area contributed by atoms with E-state index in [0.29, 0.717) is 12.8 Å². The molecule has 0 aliphatic rings. The second-order valence-corrected chi connectivity index (χ2v) is 5.73. The second-order valence-electron chi connectivity index (χ2n) is 4.00. The fraction of sp³-hybridized carbons (Fsp3) is 0.417. The maximum Gasteiger partial charge on any atom is 0.335 e. The van der Waals surface area contributed by atoms with Crippen LogP contribution in [0.3, 0.4) is 0 Å². The molecule has 20 heavy (non-hydrogen) atoms. The lowest BCUT2D eigenvalue weighted by atomic mass is 10.2. The first-order valence-electron chi connectivity index (χ1n) is 5.94. The SMILES string of the molecule is COc1cc(C(=O)O)ccc1S(=O)(=O)NCCCCO. The first-order valence-corrected chi connectivity index (χ1v) is 7.42. The van der Waals surface area contributed by atoms with Crippen molar-refractivity contribution in [3.63, 3.8) is 0 Å². The van der Waals surface area contributed by atoms with E-state index in [1.165, 1.54) is 19.2 Å². The van der Waals surface area contributed by atoms with Crippen molar-refractivity contribution in [3.05, 3.63) is 23.8 Å². The molecule has 8 heteroatoms. The molecular weight excluding hydrogens is 286 g/mol. The first-order chi connectivity index (χ1) is 9.42. The number of aliphatic hydroxyl groups is 1. The number of ether oxygens (including phenoxy) is 1. The Kier molecular flexibility index (Phi) is 5.93. The fourth-order valence-corrected chi connectivity index (χ4v) is 2.77. The highest BCUT2D eigenvalue weighted by Crippen LogP contribution is 2.24. The summed E-state index contributed by atoms with van der Waals surface area (Å²) in [6.45, 7) is 0.186. The van der Waals surface area contributed by atoms with E-state index in [0.717, 1.165) is 6.07 Å². The van der Waals surface area contributed by atoms with Crippen LogP contribution in [0.25, 0.3) is 0 Å². The van der Waals surface area contributed by atoms with Gasteiger partial charge in [0.05, 0.1) is 12.7 Å². The molecular formula is C12H17NO6S. The average Bonchev–Trinajstić information content (AvgIpc) is 2.42. The molecule has 3 N–H and O–H groups in total. The number of nitrogens with one attached hydrogen (secondary N) is 1. The molecule has 0 amide bonds. The summed E-state index contributed by atoms with van der Waals surface area (Å²) in [6.07, 6.45) is 1.00. The lowest BCUT2D eigenvalue weighted by molar-refractivity contribution is 0.0696. The van der Waals surface area contributed by atoms with E-state index in [-0.39, 0.29) is 29.4 Å². The fourth-order valence-electron chi connectivity index (χ4n) is 1.54. The first kappa shape index (κ1) is 16.4. The quantitative estimate of drug-likeness (QED) is 0.601. The van der Waals surface area contributed by atoms with Crippen LogP contribution in [-0.4, -0.2) is 44.9 Å². The van der Waals surface area contributed by atoms with Crippen LogP contribution in [0.4, 0.5) is 0 Å². The molecule has 0 spiro atoms. The Morgan fingerprint density at radius 1 is 1.35 bits per heavy atom. The van der Waals surface area contributed by atoms with Gasteiger partial charge in [-0.2, -0.15) is 0 Å². The van der Waals surface area contributed by atoms with E-state index in [9.17, 15) is 13.2 Å². The van der Waals surface area contributed by atoms with Gasteiger partial charge in [0, 0.05) is 13.2 Å². The van der Waals surface area contributed by atoms with Crippen molar-refractivity contribution < 1.29 is 28.2 Å². The van der Waals surface area contributed by atoms with Crippen LogP contribution in [-0.2, 0) is 10.0 Å². The van der Waals surface area contributed by atoms with Gasteiger partial charge in [-0.05, 0) is 31.0 Å². The third-order valence-electron chi connectivity index (χ3n) is 2.58. The highest BCUT2D eigenvalue weighted by Gasteiger charge is 2.20. The molecule has 0 unspecified atom stereocenters. The van der Waals surface area contributed by atoms with Crippen molar-refractivity contribution in [1.82, 2.24) is 4.72 Å². The number of benzene rings is 1. The monoisotopic (exact) mass is 303 g/mol. The third-order valence-corrected chi connectivity index (χ3v) is 4.08. The van der Waals surface area contributed by atoms with Gasteiger partial charge in [-0.25, -0.2) is 17.9 Å². The molecule has 0 saturated carbocycles. The zero-order valence-electron chi connectivity index (χ0n) is 11.0. The predicted octanol–water partition coefficient (Wildman–Crippen LogP) is 0.444. The summed E-state index contributed by atoms with van der Waals surface area (Å²) >= 11 is 0. The summed E-state index contributed by atoms with van der Waals surface area (Å²) in [5, 5.41) is 17.5. The molecule has 0 atom stereocenters. The Labute approximate surface area is 117 Å². The number of aliphatic hydroxyl groups excluding tert-OH is 1. The number of hydrogen-bond donors (Lipinski definition) is 3. The molecule has 0 aromatic heterocycles. The van der Waals surface area contributed by atoms with Crippen LogP contribution in [0.5, 0.6) is 5.75 Å². The van der Waals surface area contributed by atoms with Crippen LogP contribution in [0.2, 0.25) is 0 Å². The molecule has 0 bridgehead atoms. The van der Waals surface area contributed by atoms with Gasteiger partial charge in [0.2, 0.25) is 10.0 Å². The molecule has 0 heterocycles. The number of hydrogen-bond acceptors (Lipinski definition) is 5. The molecule has 0 aliphatic carbocycles. The van der Waals surface area contributed by atoms with Crippen LogP contribution < -0.4 is 9.46 Å². The molecule has 0 radical (unpaired) electrons. The summed E-state index contributed by atoms with van der Waals surface area (Å²) in [5.74, 6) is -1.19. The molecule has 7 nitrogen and oxygen atoms in total. The zero-order valence-corrected chi connectivity index (χ0v) is 11.8. The van der Waals surface area contributed by atoms with E-state index < -0.39 is 16.0 Å². The molecule has 0 saturated heterocycles. The van der Waals surface area contributed by atoms with Crippen LogP contribution in [0, 0.1) is 0 Å². The van der Waals surface area contributed by atoms with E-state index in [1.54, 1.807) is 0 Å². The Hall–Kier alpha value is -1.64. The van der Waals surface area contributed by atoms with Gasteiger partial charge in [0.1, 0.15) is 10.6 Å². The molecule has 0 fully saturated rings. The number of sulfonamides is 1. The Morgan fingerprint density at radius 2 is 2.05 bits per heavy atom. The van der Waals surface area contributed by atoms with Gasteiger partial charge < -0.3 is 14.9 Å². The number of carboxylic acids is 1. The van der Waals surface area contributed by atoms with Gasteiger partial charge in [0.15, 0.2) is 0 Å². The van der Waals surface area contributed by atoms with Crippen LogP contribution >= 0.6 is 0 Å². The van der Waals surface area contributed by atoms with E-state index in [2.05, 4.69) is 4.72 Å². The maximum atomic E-state index is 12.1. The predicted molar refractivity (Wildman–Crippen MR) is 71.5 cm³/mol. The van der Waals surface area contributed by atoms with E-state index in [1.807, 2.05) is 0 Å². The van der Waals surface area contributed by atoms with Crippen molar-refractivity contribution in [1.29, 1.82) is 0 Å². The number of unbranched alkanes of at least 4 members (excludes halogenated alkanes) is 1. The lowest BCUT2D eigenvalue weighted by Crippen LogP contribution is -2.25. The maximum absolute atomic E-state index is 12.1. The Balaban J connectivity index is 2.96. The van der Waals surface area contributed by atoms with Gasteiger partial charge in [-0.3, -0.25) is 0 Å². The number of carbonyl (C=O) groups is 1. The number of methoxy groups -OCH3 is 1. The number of rotatable bonds is 8. The van der Waals surface area contributed by atoms with E-state index in [4.69, 9.17) is 14.9 Å². The number of carboxylic acid groups (broad SMARTS) is 1. The smallest absolute Gasteiger partial charge is 0.335 e. The molecule has 0 aliphatic heterocycles. The third kappa shape index (κ3) is 4.19. The summed E-state index contributed by atoms with van der Waals surface area (Å²) in [4.78, 5) is 10.7. The minimum absolute atomic E-state index is 0.00163. The van der Waals surface area contributed by atoms with Gasteiger partial charge in [0.25, 0.3) is 0 Å². The molecule has 112 valence electrons. The standard InChI is InChI=1S/C12H17NO6S/c1-19-10-8-9(12(15)16)4-5-11(10)20(17,18)13-6-2-3-7-14/h4-5,8,13-14H,2-3,6-7H2,1H3,(H,15,16). The Bertz CT molecular complexity index is 569. The van der Waals surface area contributed by atoms with Gasteiger partial charge in [-0.1, -0.05) is 0 Å². The summed E-state index contributed by atoms with van der Waals surface area (Å²) in [6, 6.07) is 3.55. The molecule has 1 aromatic carbocycles. The minimum atomic E-state index is -3.78. The van der Waals surface area contributed by atoms with Crippen molar-refractivity contribution in [2.24, 2.45) is 0 Å². The number of aromatic carboxylic acids is 1. The van der Waals surface area contributed by atoms with Crippen LogP contribution in [0.15, 0.2) is 23.1 Å². The average molecular weight is 303 g/mol. The minimum Gasteiger partial charge on any atom is -0.495 e. The highest BCUT2D eigenvalue weighted by molar-refractivity contribution is 7.89. The topological polar surface area (TPSA) is 113 Å². The van der Waals surface area contributed by atoms with Gasteiger partial charge >= 0.3 is 5.97 Å². The van der Waals surface area contributed by atoms with Crippen molar-refractivity contribution in [2.45, 2.75) is 17.7 Å². The zero-order chi connectivity index (χ0) is 15.2. The summed E-state index contributed by atoms with van der Waals surface area (Å²) < 4.78 is 31.4. The lowest BCUT2D eigenvalue weighted by Gasteiger charge is -2.11. The van der Waals surface area contributed by atoms with Gasteiger partial charge in [-0.15, -0.1) is 0 Å². The normalized spacial score (nSPS) is 11.3. The summed E-state index contributed by atoms with van der Waals surface area (Å²) in [7, 11) is -2.51. The summed E-state index contributed by atoms with van der Waals surface area (Å²) in [5.41, 5.74) is -0.0546. The largest absolute Gasteiger partial charge is 0.495 e.